The fourth-order valence-corrected chi connectivity index (χ4v) is 3.80. The van der Waals surface area contributed by atoms with E-state index in [1.165, 1.54) is 30.5 Å². The highest BCUT2D eigenvalue weighted by molar-refractivity contribution is 7.90. The first-order valence-corrected chi connectivity index (χ1v) is 10.7. The summed E-state index contributed by atoms with van der Waals surface area (Å²) < 4.78 is 25.9. The number of rotatable bonds is 6. The number of nitrogens with zero attached hydrogens (tertiary/aromatic N) is 1. The highest BCUT2D eigenvalue weighted by atomic mass is 32.2. The molecule has 0 fully saturated rings. The zero-order chi connectivity index (χ0) is 23.5. The molecule has 3 rings (SSSR count). The summed E-state index contributed by atoms with van der Waals surface area (Å²) in [5, 5.41) is 2.62. The van der Waals surface area contributed by atoms with Crippen LogP contribution >= 0.6 is 0 Å². The zero-order valence-corrected chi connectivity index (χ0v) is 17.6. The number of anilines is 2. The zero-order valence-electron chi connectivity index (χ0n) is 16.8. The Kier molecular flexibility index (Phi) is 6.21. The van der Waals surface area contributed by atoms with Crippen LogP contribution in [-0.2, 0) is 14.8 Å². The molecule has 0 spiro atoms. The molecular weight excluding hydrogens is 434 g/mol. The molecule has 0 saturated carbocycles. The largest absolute Gasteiger partial charge is 0.383 e. The average Bonchev–Trinajstić information content (AvgIpc) is 2.73. The lowest BCUT2D eigenvalue weighted by atomic mass is 10.0. The lowest BCUT2D eigenvalue weighted by molar-refractivity contribution is -0.117. The van der Waals surface area contributed by atoms with Crippen molar-refractivity contribution in [3.8, 4) is 11.1 Å². The number of sulfonamides is 1. The molecule has 2 aromatic carbocycles. The highest BCUT2D eigenvalue weighted by Crippen LogP contribution is 2.23. The van der Waals surface area contributed by atoms with Gasteiger partial charge in [-0.05, 0) is 48.0 Å². The first-order chi connectivity index (χ1) is 15.1. The van der Waals surface area contributed by atoms with Crippen LogP contribution < -0.4 is 21.5 Å². The molecule has 6 N–H and O–H groups in total. The fraction of sp³-hybridized carbons (Fsp3) is 0.0476. The Hall–Kier alpha value is -4.25. The van der Waals surface area contributed by atoms with Crippen molar-refractivity contribution in [2.75, 3.05) is 11.1 Å². The molecule has 0 unspecified atom stereocenters. The van der Waals surface area contributed by atoms with E-state index in [2.05, 4.69) is 10.3 Å². The Morgan fingerprint density at radius 3 is 2.12 bits per heavy atom. The molecule has 11 heteroatoms. The van der Waals surface area contributed by atoms with Crippen LogP contribution in [0.15, 0.2) is 65.7 Å². The monoisotopic (exact) mass is 453 g/mol. The van der Waals surface area contributed by atoms with Gasteiger partial charge in [0.05, 0.1) is 10.5 Å². The second-order valence-electron chi connectivity index (χ2n) is 6.74. The number of hydrogen-bond acceptors (Lipinski definition) is 7. The summed E-state index contributed by atoms with van der Waals surface area (Å²) in [6.45, 7) is 1.09. The minimum atomic E-state index is -3.98. The van der Waals surface area contributed by atoms with Gasteiger partial charge in [0.15, 0.2) is 0 Å². The van der Waals surface area contributed by atoms with Crippen molar-refractivity contribution in [3.63, 3.8) is 0 Å². The predicted molar refractivity (Wildman–Crippen MR) is 118 cm³/mol. The lowest BCUT2D eigenvalue weighted by Crippen LogP contribution is -2.28. The molecule has 32 heavy (non-hydrogen) atoms. The molecule has 3 aromatic rings. The van der Waals surface area contributed by atoms with Crippen LogP contribution in [0, 0.1) is 0 Å². The Morgan fingerprint density at radius 2 is 1.56 bits per heavy atom. The van der Waals surface area contributed by atoms with Crippen molar-refractivity contribution in [2.45, 2.75) is 11.8 Å². The van der Waals surface area contributed by atoms with Crippen molar-refractivity contribution in [1.82, 2.24) is 9.71 Å². The van der Waals surface area contributed by atoms with E-state index in [0.717, 1.165) is 6.92 Å². The summed E-state index contributed by atoms with van der Waals surface area (Å²) in [7, 11) is -3.98. The number of nitrogen functional groups attached to an aromatic ring is 1. The first-order valence-electron chi connectivity index (χ1n) is 9.17. The van der Waals surface area contributed by atoms with Crippen molar-refractivity contribution in [3.05, 3.63) is 71.9 Å². The number of primary amides is 1. The van der Waals surface area contributed by atoms with Gasteiger partial charge in [0.1, 0.15) is 5.82 Å². The van der Waals surface area contributed by atoms with Crippen LogP contribution in [-0.4, -0.2) is 31.1 Å². The maximum atomic E-state index is 12.7. The van der Waals surface area contributed by atoms with E-state index < -0.39 is 27.7 Å². The van der Waals surface area contributed by atoms with Crippen LogP contribution in [0.4, 0.5) is 11.5 Å². The van der Waals surface area contributed by atoms with E-state index in [9.17, 15) is 22.8 Å². The molecule has 0 atom stereocenters. The molecule has 164 valence electrons. The molecule has 0 aliphatic rings. The topological polar surface area (TPSA) is 174 Å². The number of amides is 3. The SMILES string of the molecule is CC(=O)NS(=O)(=O)c1ccc(NC(=O)c2cc(-c3ccc(C(N)=O)cc3)cnc2N)cc1. The summed E-state index contributed by atoms with van der Waals surface area (Å²) in [6, 6.07) is 13.3. The molecule has 0 aliphatic carbocycles. The van der Waals surface area contributed by atoms with Crippen molar-refractivity contribution < 1.29 is 22.8 Å². The Morgan fingerprint density at radius 1 is 0.938 bits per heavy atom. The van der Waals surface area contributed by atoms with Gasteiger partial charge >= 0.3 is 0 Å². The normalized spacial score (nSPS) is 10.9. The summed E-state index contributed by atoms with van der Waals surface area (Å²) >= 11 is 0. The summed E-state index contributed by atoms with van der Waals surface area (Å²) in [6.07, 6.45) is 1.49. The Bertz CT molecular complexity index is 1300. The van der Waals surface area contributed by atoms with Gasteiger partial charge in [0, 0.05) is 29.9 Å². The van der Waals surface area contributed by atoms with E-state index in [4.69, 9.17) is 11.5 Å². The maximum Gasteiger partial charge on any atom is 0.264 e. The number of pyridine rings is 1. The molecule has 1 aromatic heterocycles. The minimum Gasteiger partial charge on any atom is -0.383 e. The molecule has 0 radical (unpaired) electrons. The molecular formula is C21H19N5O5S. The third-order valence-corrected chi connectivity index (χ3v) is 5.82. The molecule has 10 nitrogen and oxygen atoms in total. The van der Waals surface area contributed by atoms with Gasteiger partial charge in [-0.25, -0.2) is 18.1 Å². The van der Waals surface area contributed by atoms with Crippen LogP contribution in [0.2, 0.25) is 0 Å². The first kappa shape index (κ1) is 22.4. The Labute approximate surface area is 183 Å². The van der Waals surface area contributed by atoms with E-state index in [0.29, 0.717) is 22.4 Å². The lowest BCUT2D eigenvalue weighted by Gasteiger charge is -2.10. The van der Waals surface area contributed by atoms with Gasteiger partial charge in [-0.3, -0.25) is 14.4 Å². The summed E-state index contributed by atoms with van der Waals surface area (Å²) in [5.74, 6) is -1.81. The number of hydrogen-bond donors (Lipinski definition) is 4. The van der Waals surface area contributed by atoms with Crippen molar-refractivity contribution in [1.29, 1.82) is 0 Å². The third kappa shape index (κ3) is 5.08. The molecule has 3 amide bonds. The summed E-state index contributed by atoms with van der Waals surface area (Å²) in [5.41, 5.74) is 13.2. The fourth-order valence-electron chi connectivity index (χ4n) is 2.81. The Balaban J connectivity index is 1.81. The smallest absolute Gasteiger partial charge is 0.264 e. The van der Waals surface area contributed by atoms with E-state index in [-0.39, 0.29) is 16.3 Å². The number of aromatic nitrogens is 1. The van der Waals surface area contributed by atoms with Crippen molar-refractivity contribution >= 4 is 39.3 Å². The van der Waals surface area contributed by atoms with Gasteiger partial charge in [-0.2, -0.15) is 0 Å². The molecule has 0 saturated heterocycles. The third-order valence-electron chi connectivity index (χ3n) is 4.37. The standard InChI is InChI=1S/C21H19N5O5S/c1-12(27)26-32(30,31)17-8-6-16(7-9-17)25-21(29)18-10-15(11-24-19(18)22)13-2-4-14(5-3-13)20(23)28/h2-11H,1H3,(H2,22,24)(H2,23,28)(H,25,29)(H,26,27). The quantitative estimate of drug-likeness (QED) is 0.437. The van der Waals surface area contributed by atoms with Gasteiger partial charge < -0.3 is 16.8 Å². The van der Waals surface area contributed by atoms with Gasteiger partial charge in [0.2, 0.25) is 11.8 Å². The number of carbonyl (C=O) groups excluding carboxylic acids is 3. The second-order valence-corrected chi connectivity index (χ2v) is 8.42. The van der Waals surface area contributed by atoms with Crippen molar-refractivity contribution in [2.24, 2.45) is 5.73 Å². The van der Waals surface area contributed by atoms with Crippen LogP contribution in [0.1, 0.15) is 27.6 Å². The number of nitrogens with one attached hydrogen (secondary N) is 2. The molecule has 0 bridgehead atoms. The minimum absolute atomic E-state index is 0.00450. The predicted octanol–water partition coefficient (Wildman–Crippen LogP) is 1.51. The molecule has 1 heterocycles. The molecule has 0 aliphatic heterocycles. The van der Waals surface area contributed by atoms with E-state index in [1.54, 1.807) is 30.3 Å². The second kappa shape index (κ2) is 8.86. The summed E-state index contributed by atoms with van der Waals surface area (Å²) in [4.78, 5) is 38.9. The van der Waals surface area contributed by atoms with Gasteiger partial charge in [-0.15, -0.1) is 0 Å². The number of benzene rings is 2. The number of carbonyl (C=O) groups is 3. The van der Waals surface area contributed by atoms with Gasteiger partial charge in [-0.1, -0.05) is 12.1 Å². The average molecular weight is 453 g/mol. The number of nitrogens with two attached hydrogens (primary N) is 2. The van der Waals surface area contributed by atoms with E-state index in [1.807, 2.05) is 4.72 Å². The maximum absolute atomic E-state index is 12.7. The van der Waals surface area contributed by atoms with Crippen LogP contribution in [0.5, 0.6) is 0 Å². The van der Waals surface area contributed by atoms with Gasteiger partial charge in [0.25, 0.3) is 15.9 Å². The van der Waals surface area contributed by atoms with Crippen LogP contribution in [0.3, 0.4) is 0 Å². The van der Waals surface area contributed by atoms with Crippen LogP contribution in [0.25, 0.3) is 11.1 Å². The highest BCUT2D eigenvalue weighted by Gasteiger charge is 2.17. The van der Waals surface area contributed by atoms with E-state index >= 15 is 0 Å².